The topological polar surface area (TPSA) is 34.1 Å². The fraction of sp³-hybridized carbons (Fsp3) is 0.269. The molecular formula is C26H26N2O2. The predicted octanol–water partition coefficient (Wildman–Crippen LogP) is 6.06. The largest absolute Gasteiger partial charge is 0.497 e. The first-order chi connectivity index (χ1) is 14.6. The van der Waals surface area contributed by atoms with E-state index in [0.29, 0.717) is 5.92 Å². The van der Waals surface area contributed by atoms with E-state index in [1.54, 1.807) is 7.11 Å². The third-order valence-corrected chi connectivity index (χ3v) is 5.99. The molecule has 0 spiro atoms. The number of fused-ring (bicyclic) bond motifs is 3. The first-order valence-electron chi connectivity index (χ1n) is 10.5. The van der Waals surface area contributed by atoms with Gasteiger partial charge in [-0.15, -0.1) is 0 Å². The molecule has 0 amide bonds. The molecular weight excluding hydrogens is 372 g/mol. The number of rotatable bonds is 4. The molecule has 4 nitrogen and oxygen atoms in total. The zero-order chi connectivity index (χ0) is 20.7. The molecule has 0 bridgehead atoms. The second-order valence-electron chi connectivity index (χ2n) is 8.21. The number of ether oxygens (including phenoxy) is 2. The quantitative estimate of drug-likeness (QED) is 0.536. The summed E-state index contributed by atoms with van der Waals surface area (Å²) >= 11 is 0. The Morgan fingerprint density at radius 1 is 1.00 bits per heavy atom. The van der Waals surface area contributed by atoms with Crippen molar-refractivity contribution < 1.29 is 9.47 Å². The van der Waals surface area contributed by atoms with Gasteiger partial charge in [-0.1, -0.05) is 68.4 Å². The molecule has 5 rings (SSSR count). The number of hydrogen-bond donors (Lipinski definition) is 0. The van der Waals surface area contributed by atoms with Crippen molar-refractivity contribution in [2.45, 2.75) is 38.5 Å². The molecule has 3 aromatic rings. The molecule has 2 aliphatic heterocycles. The van der Waals surface area contributed by atoms with E-state index in [1.165, 1.54) is 5.56 Å². The summed E-state index contributed by atoms with van der Waals surface area (Å²) in [5, 5.41) is 7.15. The van der Waals surface area contributed by atoms with E-state index in [4.69, 9.17) is 14.6 Å². The van der Waals surface area contributed by atoms with E-state index < -0.39 is 0 Å². The molecule has 0 radical (unpaired) electrons. The highest BCUT2D eigenvalue weighted by Gasteiger charge is 2.41. The minimum absolute atomic E-state index is 0.119. The minimum Gasteiger partial charge on any atom is -0.497 e. The second kappa shape index (κ2) is 7.52. The fourth-order valence-electron chi connectivity index (χ4n) is 4.26. The third kappa shape index (κ3) is 3.22. The van der Waals surface area contributed by atoms with Crippen molar-refractivity contribution in [3.8, 4) is 11.5 Å². The maximum absolute atomic E-state index is 6.48. The lowest BCUT2D eigenvalue weighted by Gasteiger charge is -2.38. The first-order valence-corrected chi connectivity index (χ1v) is 10.5. The summed E-state index contributed by atoms with van der Waals surface area (Å²) in [5.74, 6) is 2.24. The molecule has 2 aliphatic rings. The fourth-order valence-corrected chi connectivity index (χ4v) is 4.26. The van der Waals surface area contributed by atoms with Crippen molar-refractivity contribution in [3.63, 3.8) is 0 Å². The Labute approximate surface area is 177 Å². The van der Waals surface area contributed by atoms with Crippen molar-refractivity contribution in [2.24, 2.45) is 5.10 Å². The van der Waals surface area contributed by atoms with Crippen molar-refractivity contribution in [3.05, 3.63) is 95.1 Å². The van der Waals surface area contributed by atoms with Crippen molar-refractivity contribution in [1.29, 1.82) is 0 Å². The van der Waals surface area contributed by atoms with Crippen molar-refractivity contribution >= 4 is 5.71 Å². The summed E-state index contributed by atoms with van der Waals surface area (Å²) in [6, 6.07) is 25.3. The van der Waals surface area contributed by atoms with Gasteiger partial charge in [-0.25, -0.2) is 5.01 Å². The third-order valence-electron chi connectivity index (χ3n) is 5.99. The molecule has 2 heterocycles. The Morgan fingerprint density at radius 2 is 1.77 bits per heavy atom. The van der Waals surface area contributed by atoms with Crippen LogP contribution < -0.4 is 9.47 Å². The van der Waals surface area contributed by atoms with Crippen LogP contribution >= 0.6 is 0 Å². The molecule has 3 aromatic carbocycles. The van der Waals surface area contributed by atoms with Gasteiger partial charge in [-0.2, -0.15) is 5.10 Å². The van der Waals surface area contributed by atoms with Crippen LogP contribution in [0.5, 0.6) is 11.5 Å². The predicted molar refractivity (Wildman–Crippen MR) is 119 cm³/mol. The summed E-state index contributed by atoms with van der Waals surface area (Å²) in [4.78, 5) is 0. The van der Waals surface area contributed by atoms with Gasteiger partial charge in [0.05, 0.1) is 18.9 Å². The molecule has 0 N–H and O–H groups in total. The summed E-state index contributed by atoms with van der Waals surface area (Å²) in [6.45, 7) is 4.42. The summed E-state index contributed by atoms with van der Waals surface area (Å²) < 4.78 is 12.0. The maximum atomic E-state index is 6.48. The van der Waals surface area contributed by atoms with Crippen molar-refractivity contribution in [2.75, 3.05) is 7.11 Å². The van der Waals surface area contributed by atoms with Gasteiger partial charge < -0.3 is 9.47 Å². The average Bonchev–Trinajstić information content (AvgIpc) is 3.25. The Kier molecular flexibility index (Phi) is 4.70. The highest BCUT2D eigenvalue weighted by atomic mass is 16.5. The van der Waals surface area contributed by atoms with Gasteiger partial charge in [-0.3, -0.25) is 0 Å². The molecule has 30 heavy (non-hydrogen) atoms. The zero-order valence-corrected chi connectivity index (χ0v) is 17.6. The van der Waals surface area contributed by atoms with E-state index in [0.717, 1.165) is 40.3 Å². The van der Waals surface area contributed by atoms with E-state index in [2.05, 4.69) is 73.5 Å². The lowest BCUT2D eigenvalue weighted by molar-refractivity contribution is -0.0191. The average molecular weight is 399 g/mol. The SMILES string of the molecule is COc1ccc2c(c1)[C@H]1CC(c3ccccc3)=NN1[C@H](c1ccc(C(C)C)cc1)O2. The number of benzene rings is 3. The van der Waals surface area contributed by atoms with E-state index in [9.17, 15) is 0 Å². The van der Waals surface area contributed by atoms with Crippen LogP contribution in [0, 0.1) is 0 Å². The van der Waals surface area contributed by atoms with Crippen LogP contribution in [-0.4, -0.2) is 17.8 Å². The Hall–Kier alpha value is -3.27. The van der Waals surface area contributed by atoms with Gasteiger partial charge in [0.15, 0.2) is 0 Å². The number of methoxy groups -OCH3 is 1. The Balaban J connectivity index is 1.57. The van der Waals surface area contributed by atoms with E-state index in [-0.39, 0.29) is 12.3 Å². The van der Waals surface area contributed by atoms with Crippen LogP contribution in [0.1, 0.15) is 60.7 Å². The van der Waals surface area contributed by atoms with Crippen LogP contribution in [0.4, 0.5) is 0 Å². The van der Waals surface area contributed by atoms with Crippen LogP contribution in [0.25, 0.3) is 0 Å². The Morgan fingerprint density at radius 3 is 2.47 bits per heavy atom. The normalized spacial score (nSPS) is 19.7. The molecule has 2 atom stereocenters. The van der Waals surface area contributed by atoms with Crippen LogP contribution in [0.2, 0.25) is 0 Å². The molecule has 0 saturated carbocycles. The van der Waals surface area contributed by atoms with Crippen LogP contribution in [0.3, 0.4) is 0 Å². The second-order valence-corrected chi connectivity index (χ2v) is 8.21. The molecule has 0 aliphatic carbocycles. The van der Waals surface area contributed by atoms with Gasteiger partial charge in [0.1, 0.15) is 11.5 Å². The highest BCUT2D eigenvalue weighted by molar-refractivity contribution is 6.01. The smallest absolute Gasteiger partial charge is 0.213 e. The van der Waals surface area contributed by atoms with Gasteiger partial charge in [0, 0.05) is 17.5 Å². The lowest BCUT2D eigenvalue weighted by atomic mass is 9.95. The summed E-state index contributed by atoms with van der Waals surface area (Å²) in [7, 11) is 1.70. The van der Waals surface area contributed by atoms with E-state index in [1.807, 2.05) is 18.2 Å². The van der Waals surface area contributed by atoms with Gasteiger partial charge in [0.25, 0.3) is 0 Å². The minimum atomic E-state index is -0.252. The first kappa shape index (κ1) is 18.7. The highest BCUT2D eigenvalue weighted by Crippen LogP contribution is 2.48. The monoisotopic (exact) mass is 398 g/mol. The Bertz CT molecular complexity index is 1070. The molecule has 0 fully saturated rings. The number of nitrogens with zero attached hydrogens (tertiary/aromatic N) is 2. The molecule has 0 saturated heterocycles. The van der Waals surface area contributed by atoms with E-state index >= 15 is 0 Å². The van der Waals surface area contributed by atoms with Crippen LogP contribution in [-0.2, 0) is 0 Å². The van der Waals surface area contributed by atoms with Gasteiger partial charge in [-0.05, 0) is 35.2 Å². The van der Waals surface area contributed by atoms with Crippen molar-refractivity contribution in [1.82, 2.24) is 5.01 Å². The number of hydrogen-bond acceptors (Lipinski definition) is 4. The summed E-state index contributed by atoms with van der Waals surface area (Å²) in [5.41, 5.74) is 5.81. The molecule has 4 heteroatoms. The van der Waals surface area contributed by atoms with Crippen LogP contribution in [0.15, 0.2) is 77.9 Å². The molecule has 152 valence electrons. The van der Waals surface area contributed by atoms with Gasteiger partial charge in [0.2, 0.25) is 6.23 Å². The van der Waals surface area contributed by atoms with Gasteiger partial charge >= 0.3 is 0 Å². The maximum Gasteiger partial charge on any atom is 0.213 e. The lowest BCUT2D eigenvalue weighted by Crippen LogP contribution is -2.33. The number of hydrazone groups is 1. The standard InChI is InChI=1S/C26H26N2O2/c1-17(2)18-9-11-20(12-10-18)26-28-24(16-23(27-28)19-7-5-4-6-8-19)22-15-21(29-3)13-14-25(22)30-26/h4-15,17,24,26H,16H2,1-3H3/t24-,26+/m1/s1. The summed E-state index contributed by atoms with van der Waals surface area (Å²) in [6.07, 6.45) is 0.590. The molecule has 0 aromatic heterocycles. The molecule has 0 unspecified atom stereocenters. The zero-order valence-electron chi connectivity index (χ0n) is 17.6.